The second-order valence-corrected chi connectivity index (χ2v) is 2.60. The highest BCUT2D eigenvalue weighted by Crippen LogP contribution is 2.17. The van der Waals surface area contributed by atoms with Crippen LogP contribution in [0.5, 0.6) is 5.75 Å². The first-order valence-electron chi connectivity index (χ1n) is 4.05. The van der Waals surface area contributed by atoms with Gasteiger partial charge in [-0.1, -0.05) is 18.2 Å². The van der Waals surface area contributed by atoms with Crippen LogP contribution in [0, 0.1) is 0 Å². The van der Waals surface area contributed by atoms with Crippen molar-refractivity contribution in [2.45, 2.75) is 6.43 Å². The molecule has 0 aromatic heterocycles. The highest BCUT2D eigenvalue weighted by atomic mass is 19.3. The summed E-state index contributed by atoms with van der Waals surface area (Å²) in [5.41, 5.74) is 0. The summed E-state index contributed by atoms with van der Waals surface area (Å²) in [6, 6.07) is 7.80. The van der Waals surface area contributed by atoms with Gasteiger partial charge in [0, 0.05) is 0 Å². The van der Waals surface area contributed by atoms with Gasteiger partial charge in [-0.25, -0.2) is 13.6 Å². The van der Waals surface area contributed by atoms with Crippen LogP contribution >= 0.6 is 0 Å². The average Bonchev–Trinajstić information content (AvgIpc) is 2.17. The van der Waals surface area contributed by atoms with Gasteiger partial charge < -0.3 is 9.84 Å². The molecular formula is C10H8F2O3. The zero-order chi connectivity index (χ0) is 11.3. The zero-order valence-corrected chi connectivity index (χ0v) is 7.56. The average molecular weight is 214 g/mol. The second kappa shape index (κ2) is 5.09. The molecule has 0 fully saturated rings. The van der Waals surface area contributed by atoms with Crippen molar-refractivity contribution in [1.29, 1.82) is 0 Å². The van der Waals surface area contributed by atoms with E-state index in [-0.39, 0.29) is 5.75 Å². The highest BCUT2D eigenvalue weighted by molar-refractivity contribution is 5.80. The Kier molecular flexibility index (Phi) is 3.79. The molecule has 1 N–H and O–H groups in total. The van der Waals surface area contributed by atoms with E-state index in [9.17, 15) is 13.6 Å². The van der Waals surface area contributed by atoms with Gasteiger partial charge in [0.2, 0.25) is 0 Å². The van der Waals surface area contributed by atoms with Crippen molar-refractivity contribution in [1.82, 2.24) is 0 Å². The monoisotopic (exact) mass is 214 g/mol. The molecule has 0 amide bonds. The first kappa shape index (κ1) is 11.2. The van der Waals surface area contributed by atoms with Crippen LogP contribution in [0.4, 0.5) is 8.78 Å². The number of carboxylic acids is 1. The molecule has 1 aromatic carbocycles. The number of aliphatic carboxylic acids is 1. The van der Waals surface area contributed by atoms with Gasteiger partial charge in [-0.2, -0.15) is 0 Å². The number of carboxylic acid groups (broad SMARTS) is 1. The molecular weight excluding hydrogens is 206 g/mol. The summed E-state index contributed by atoms with van der Waals surface area (Å²) in [6.07, 6.45) is -2.61. The van der Waals surface area contributed by atoms with Gasteiger partial charge >= 0.3 is 5.97 Å². The molecule has 80 valence electrons. The van der Waals surface area contributed by atoms with E-state index in [1.54, 1.807) is 18.2 Å². The summed E-state index contributed by atoms with van der Waals surface area (Å²) >= 11 is 0. The molecule has 0 unspecified atom stereocenters. The standard InChI is InChI=1S/C10H8F2O3/c11-10(12)8(6-9(13)14)15-7-4-2-1-3-5-7/h1-6,10H,(H,13,14)/b8-6+. The van der Waals surface area contributed by atoms with Gasteiger partial charge in [0.15, 0.2) is 5.76 Å². The number of carbonyl (C=O) groups is 1. The van der Waals surface area contributed by atoms with Crippen LogP contribution in [0.2, 0.25) is 0 Å². The number of para-hydroxylation sites is 1. The minimum Gasteiger partial charge on any atom is -0.478 e. The molecule has 0 spiro atoms. The summed E-state index contributed by atoms with van der Waals surface area (Å²) in [6.45, 7) is 0. The predicted molar refractivity (Wildman–Crippen MR) is 48.8 cm³/mol. The molecule has 0 aliphatic rings. The Morgan fingerprint density at radius 3 is 2.40 bits per heavy atom. The van der Waals surface area contributed by atoms with E-state index in [4.69, 9.17) is 9.84 Å². The molecule has 1 rings (SSSR count). The summed E-state index contributed by atoms with van der Waals surface area (Å²) in [7, 11) is 0. The Balaban J connectivity index is 2.81. The van der Waals surface area contributed by atoms with Gasteiger partial charge in [-0.15, -0.1) is 0 Å². The van der Waals surface area contributed by atoms with Crippen LogP contribution in [-0.2, 0) is 4.79 Å². The molecule has 0 aliphatic heterocycles. The fourth-order valence-corrected chi connectivity index (χ4v) is 0.883. The maximum atomic E-state index is 12.3. The molecule has 5 heteroatoms. The lowest BCUT2D eigenvalue weighted by Crippen LogP contribution is -2.08. The number of alkyl halides is 2. The second-order valence-electron chi connectivity index (χ2n) is 2.60. The maximum Gasteiger partial charge on any atom is 0.331 e. The number of benzene rings is 1. The minimum atomic E-state index is -2.96. The molecule has 0 aliphatic carbocycles. The van der Waals surface area contributed by atoms with E-state index in [2.05, 4.69) is 0 Å². The molecule has 0 radical (unpaired) electrons. The fourth-order valence-electron chi connectivity index (χ4n) is 0.883. The van der Waals surface area contributed by atoms with E-state index in [1.807, 2.05) is 0 Å². The normalized spacial score (nSPS) is 11.5. The third-order valence-corrected chi connectivity index (χ3v) is 1.46. The summed E-state index contributed by atoms with van der Waals surface area (Å²) in [4.78, 5) is 10.2. The Morgan fingerprint density at radius 1 is 1.33 bits per heavy atom. The Labute approximate surface area is 84.6 Å². The number of ether oxygens (including phenoxy) is 1. The molecule has 15 heavy (non-hydrogen) atoms. The Bertz CT molecular complexity index is 360. The first-order chi connectivity index (χ1) is 7.09. The van der Waals surface area contributed by atoms with Gasteiger partial charge in [0.05, 0.1) is 6.08 Å². The van der Waals surface area contributed by atoms with Crippen molar-refractivity contribution >= 4 is 5.97 Å². The van der Waals surface area contributed by atoms with Gasteiger partial charge in [0.1, 0.15) is 5.75 Å². The molecule has 0 atom stereocenters. The minimum absolute atomic E-state index is 0.172. The van der Waals surface area contributed by atoms with E-state index in [0.717, 1.165) is 0 Å². The van der Waals surface area contributed by atoms with Crippen LogP contribution in [-0.4, -0.2) is 17.5 Å². The smallest absolute Gasteiger partial charge is 0.331 e. The third-order valence-electron chi connectivity index (χ3n) is 1.46. The quantitative estimate of drug-likeness (QED) is 0.617. The van der Waals surface area contributed by atoms with Crippen molar-refractivity contribution in [3.05, 3.63) is 42.2 Å². The zero-order valence-electron chi connectivity index (χ0n) is 7.56. The van der Waals surface area contributed by atoms with Crippen LogP contribution in [0.15, 0.2) is 42.2 Å². The van der Waals surface area contributed by atoms with E-state index < -0.39 is 18.2 Å². The predicted octanol–water partition coefficient (Wildman–Crippen LogP) is 2.30. The van der Waals surface area contributed by atoms with Crippen molar-refractivity contribution in [2.75, 3.05) is 0 Å². The number of allylic oxidation sites excluding steroid dienone is 1. The number of hydrogen-bond donors (Lipinski definition) is 1. The number of halogens is 2. The van der Waals surface area contributed by atoms with E-state index in [1.165, 1.54) is 12.1 Å². The van der Waals surface area contributed by atoms with Crippen LogP contribution in [0.1, 0.15) is 0 Å². The molecule has 0 heterocycles. The summed E-state index contributed by atoms with van der Waals surface area (Å²) in [5, 5.41) is 8.32. The topological polar surface area (TPSA) is 46.5 Å². The van der Waals surface area contributed by atoms with Crippen molar-refractivity contribution in [3.8, 4) is 5.75 Å². The highest BCUT2D eigenvalue weighted by Gasteiger charge is 2.15. The van der Waals surface area contributed by atoms with Gasteiger partial charge in [-0.3, -0.25) is 0 Å². The lowest BCUT2D eigenvalue weighted by atomic mass is 10.3. The fraction of sp³-hybridized carbons (Fsp3) is 0.100. The lowest BCUT2D eigenvalue weighted by Gasteiger charge is -2.07. The van der Waals surface area contributed by atoms with Crippen molar-refractivity contribution < 1.29 is 23.4 Å². The van der Waals surface area contributed by atoms with Gasteiger partial charge in [-0.05, 0) is 12.1 Å². The van der Waals surface area contributed by atoms with E-state index in [0.29, 0.717) is 6.08 Å². The van der Waals surface area contributed by atoms with Crippen molar-refractivity contribution in [2.24, 2.45) is 0 Å². The van der Waals surface area contributed by atoms with E-state index >= 15 is 0 Å². The Morgan fingerprint density at radius 2 is 1.93 bits per heavy atom. The first-order valence-corrected chi connectivity index (χ1v) is 4.05. The Hall–Kier alpha value is -1.91. The summed E-state index contributed by atoms with van der Waals surface area (Å²) in [5.74, 6) is -2.18. The van der Waals surface area contributed by atoms with Crippen LogP contribution in [0.25, 0.3) is 0 Å². The third kappa shape index (κ3) is 3.76. The number of hydrogen-bond acceptors (Lipinski definition) is 2. The largest absolute Gasteiger partial charge is 0.478 e. The molecule has 0 saturated heterocycles. The lowest BCUT2D eigenvalue weighted by molar-refractivity contribution is -0.131. The molecule has 3 nitrogen and oxygen atoms in total. The SMILES string of the molecule is O=C(O)/C=C(/Oc1ccccc1)C(F)F. The molecule has 1 aromatic rings. The van der Waals surface area contributed by atoms with Gasteiger partial charge in [0.25, 0.3) is 6.43 Å². The molecule has 0 saturated carbocycles. The number of rotatable bonds is 4. The maximum absolute atomic E-state index is 12.3. The molecule has 0 bridgehead atoms. The summed E-state index contributed by atoms with van der Waals surface area (Å²) < 4.78 is 29.3. The van der Waals surface area contributed by atoms with Crippen LogP contribution < -0.4 is 4.74 Å². The van der Waals surface area contributed by atoms with Crippen LogP contribution in [0.3, 0.4) is 0 Å². The van der Waals surface area contributed by atoms with Crippen molar-refractivity contribution in [3.63, 3.8) is 0 Å².